The molecule has 1 aliphatic rings. The van der Waals surface area contributed by atoms with Crippen LogP contribution in [0.4, 0.5) is 0 Å². The molecule has 2 heteroatoms. The van der Waals surface area contributed by atoms with Gasteiger partial charge in [-0.25, -0.2) is 0 Å². The molecule has 0 aliphatic heterocycles. The van der Waals surface area contributed by atoms with Crippen LogP contribution in [0.2, 0.25) is 0 Å². The lowest BCUT2D eigenvalue weighted by atomic mass is 9.77. The van der Waals surface area contributed by atoms with Gasteiger partial charge in [0, 0.05) is 0 Å². The zero-order valence-electron chi connectivity index (χ0n) is 4.82. The largest absolute Gasteiger partial charge is 0.197 e. The Hall–Kier alpha value is -0.0300. The van der Waals surface area contributed by atoms with Crippen LogP contribution in [0, 0.1) is 17.2 Å². The molecule has 44 valence electrons. The molecule has 0 N–H and O–H groups in total. The molecular formula is C6H8BrN. The van der Waals surface area contributed by atoms with Crippen LogP contribution in [0.5, 0.6) is 0 Å². The fourth-order valence-electron chi connectivity index (χ4n) is 1.14. The molecule has 0 bridgehead atoms. The van der Waals surface area contributed by atoms with E-state index in [1.54, 1.807) is 0 Å². The summed E-state index contributed by atoms with van der Waals surface area (Å²) in [6.45, 7) is 2.16. The molecule has 1 nitrogen and oxygen atoms in total. The SMILES string of the molecule is CC1CC(Br)(C#N)C1. The summed E-state index contributed by atoms with van der Waals surface area (Å²) in [4.78, 5) is 0. The van der Waals surface area contributed by atoms with E-state index < -0.39 is 0 Å². The lowest BCUT2D eigenvalue weighted by Crippen LogP contribution is -2.34. The van der Waals surface area contributed by atoms with Crippen molar-refractivity contribution in [3.05, 3.63) is 0 Å². The molecule has 0 amide bonds. The van der Waals surface area contributed by atoms with Crippen molar-refractivity contribution in [3.8, 4) is 6.07 Å². The zero-order chi connectivity index (χ0) is 6.20. The molecule has 0 saturated heterocycles. The molecule has 0 spiro atoms. The van der Waals surface area contributed by atoms with Crippen molar-refractivity contribution in [2.75, 3.05) is 0 Å². The molecule has 1 fully saturated rings. The summed E-state index contributed by atoms with van der Waals surface area (Å²) in [5.41, 5.74) is 0. The Morgan fingerprint density at radius 2 is 2.25 bits per heavy atom. The van der Waals surface area contributed by atoms with Gasteiger partial charge in [-0.15, -0.1) is 0 Å². The van der Waals surface area contributed by atoms with Gasteiger partial charge in [-0.05, 0) is 18.8 Å². The molecule has 1 rings (SSSR count). The van der Waals surface area contributed by atoms with E-state index in [1.807, 2.05) is 0 Å². The van der Waals surface area contributed by atoms with E-state index in [0.29, 0.717) is 0 Å². The van der Waals surface area contributed by atoms with Crippen LogP contribution >= 0.6 is 15.9 Å². The number of nitriles is 1. The number of hydrogen-bond donors (Lipinski definition) is 0. The maximum atomic E-state index is 8.47. The first-order chi connectivity index (χ1) is 3.66. The van der Waals surface area contributed by atoms with Gasteiger partial charge in [0.1, 0.15) is 4.32 Å². The van der Waals surface area contributed by atoms with Gasteiger partial charge >= 0.3 is 0 Å². The molecular weight excluding hydrogens is 166 g/mol. The quantitative estimate of drug-likeness (QED) is 0.515. The van der Waals surface area contributed by atoms with Crippen LogP contribution in [0.25, 0.3) is 0 Å². The lowest BCUT2D eigenvalue weighted by Gasteiger charge is -2.35. The van der Waals surface area contributed by atoms with Crippen molar-refractivity contribution in [2.24, 2.45) is 5.92 Å². The third-order valence-corrected chi connectivity index (χ3v) is 2.37. The number of nitrogens with zero attached hydrogens (tertiary/aromatic N) is 1. The summed E-state index contributed by atoms with van der Waals surface area (Å²) in [6, 6.07) is 2.22. The Balaban J connectivity index is 2.44. The van der Waals surface area contributed by atoms with Gasteiger partial charge in [0.2, 0.25) is 0 Å². The Labute approximate surface area is 57.8 Å². The van der Waals surface area contributed by atoms with Gasteiger partial charge in [-0.3, -0.25) is 0 Å². The van der Waals surface area contributed by atoms with Gasteiger partial charge in [0.05, 0.1) is 6.07 Å². The highest BCUT2D eigenvalue weighted by Crippen LogP contribution is 2.43. The van der Waals surface area contributed by atoms with E-state index in [0.717, 1.165) is 18.8 Å². The van der Waals surface area contributed by atoms with E-state index in [9.17, 15) is 0 Å². The normalized spacial score (nSPS) is 44.9. The average molecular weight is 174 g/mol. The molecule has 0 atom stereocenters. The predicted molar refractivity (Wildman–Crippen MR) is 35.7 cm³/mol. The average Bonchev–Trinajstić information content (AvgIpc) is 1.63. The maximum Gasteiger partial charge on any atom is 0.112 e. The minimum atomic E-state index is -0.146. The van der Waals surface area contributed by atoms with Crippen molar-refractivity contribution in [3.63, 3.8) is 0 Å². The minimum Gasteiger partial charge on any atom is -0.197 e. The van der Waals surface area contributed by atoms with Gasteiger partial charge in [-0.1, -0.05) is 22.9 Å². The van der Waals surface area contributed by atoms with E-state index >= 15 is 0 Å². The molecule has 0 aromatic carbocycles. The zero-order valence-corrected chi connectivity index (χ0v) is 6.40. The van der Waals surface area contributed by atoms with Crippen LogP contribution in [0.1, 0.15) is 19.8 Å². The van der Waals surface area contributed by atoms with Crippen molar-refractivity contribution < 1.29 is 0 Å². The third kappa shape index (κ3) is 0.877. The summed E-state index contributed by atoms with van der Waals surface area (Å²) in [5.74, 6) is 0.744. The Morgan fingerprint density at radius 1 is 1.75 bits per heavy atom. The maximum absolute atomic E-state index is 8.47. The second-order valence-corrected chi connectivity index (χ2v) is 4.11. The summed E-state index contributed by atoms with van der Waals surface area (Å²) in [6.07, 6.45) is 2.03. The molecule has 0 aromatic heterocycles. The van der Waals surface area contributed by atoms with Crippen LogP contribution < -0.4 is 0 Å². The molecule has 0 heterocycles. The van der Waals surface area contributed by atoms with Crippen LogP contribution in [-0.2, 0) is 0 Å². The van der Waals surface area contributed by atoms with Crippen LogP contribution in [-0.4, -0.2) is 4.32 Å². The van der Waals surface area contributed by atoms with Crippen molar-refractivity contribution >= 4 is 15.9 Å². The Morgan fingerprint density at radius 3 is 2.38 bits per heavy atom. The number of alkyl halides is 1. The molecule has 0 aromatic rings. The first kappa shape index (κ1) is 6.10. The van der Waals surface area contributed by atoms with Crippen molar-refractivity contribution in [1.82, 2.24) is 0 Å². The van der Waals surface area contributed by atoms with E-state index in [4.69, 9.17) is 5.26 Å². The topological polar surface area (TPSA) is 23.8 Å². The van der Waals surface area contributed by atoms with Gasteiger partial charge in [-0.2, -0.15) is 5.26 Å². The lowest BCUT2D eigenvalue weighted by molar-refractivity contribution is 0.310. The van der Waals surface area contributed by atoms with Crippen molar-refractivity contribution in [2.45, 2.75) is 24.1 Å². The summed E-state index contributed by atoms with van der Waals surface area (Å²) < 4.78 is -0.146. The Bertz CT molecular complexity index is 130. The molecule has 0 unspecified atom stereocenters. The highest BCUT2D eigenvalue weighted by atomic mass is 79.9. The fraction of sp³-hybridized carbons (Fsp3) is 0.833. The molecule has 1 aliphatic carbocycles. The molecule has 1 saturated carbocycles. The van der Waals surface area contributed by atoms with Gasteiger partial charge in [0.25, 0.3) is 0 Å². The van der Waals surface area contributed by atoms with Crippen LogP contribution in [0.15, 0.2) is 0 Å². The predicted octanol–water partition coefficient (Wildman–Crippen LogP) is 2.07. The second kappa shape index (κ2) is 1.73. The summed E-state index contributed by atoms with van der Waals surface area (Å²) in [7, 11) is 0. The summed E-state index contributed by atoms with van der Waals surface area (Å²) >= 11 is 3.35. The molecule has 0 radical (unpaired) electrons. The fourth-order valence-corrected chi connectivity index (χ4v) is 2.24. The number of hydrogen-bond acceptors (Lipinski definition) is 1. The Kier molecular flexibility index (Phi) is 1.32. The number of rotatable bonds is 0. The molecule has 8 heavy (non-hydrogen) atoms. The van der Waals surface area contributed by atoms with Gasteiger partial charge in [0.15, 0.2) is 0 Å². The van der Waals surface area contributed by atoms with Crippen molar-refractivity contribution in [1.29, 1.82) is 5.26 Å². The first-order valence-electron chi connectivity index (χ1n) is 2.76. The monoisotopic (exact) mass is 173 g/mol. The van der Waals surface area contributed by atoms with E-state index in [1.165, 1.54) is 0 Å². The number of halogens is 1. The van der Waals surface area contributed by atoms with Gasteiger partial charge < -0.3 is 0 Å². The smallest absolute Gasteiger partial charge is 0.112 e. The van der Waals surface area contributed by atoms with E-state index in [2.05, 4.69) is 28.9 Å². The second-order valence-electron chi connectivity index (χ2n) is 2.59. The highest BCUT2D eigenvalue weighted by molar-refractivity contribution is 9.10. The minimum absolute atomic E-state index is 0.146. The standard InChI is InChI=1S/C6H8BrN/c1-5-2-6(7,3-5)4-8/h5H,2-3H2,1H3. The highest BCUT2D eigenvalue weighted by Gasteiger charge is 2.39. The van der Waals surface area contributed by atoms with Crippen LogP contribution in [0.3, 0.4) is 0 Å². The first-order valence-corrected chi connectivity index (χ1v) is 3.56. The summed E-state index contributed by atoms with van der Waals surface area (Å²) in [5, 5.41) is 8.47. The van der Waals surface area contributed by atoms with E-state index in [-0.39, 0.29) is 4.32 Å². The third-order valence-electron chi connectivity index (χ3n) is 1.54.